The molecule has 170 valence electrons. The Balaban J connectivity index is 1.38. The van der Waals surface area contributed by atoms with E-state index in [0.717, 1.165) is 27.9 Å². The molecule has 4 rings (SSSR count). The number of carbonyl (C=O) groups excluding carboxylic acids is 2. The molecule has 3 aromatic rings. The van der Waals surface area contributed by atoms with E-state index >= 15 is 0 Å². The smallest absolute Gasteiger partial charge is 0.407 e. The molecule has 1 aliphatic carbocycles. The summed E-state index contributed by atoms with van der Waals surface area (Å²) < 4.78 is 5.43. The van der Waals surface area contributed by atoms with Crippen molar-refractivity contribution >= 4 is 18.0 Å². The third-order valence-corrected chi connectivity index (χ3v) is 5.53. The molecule has 9 nitrogen and oxygen atoms in total. The van der Waals surface area contributed by atoms with Crippen LogP contribution in [-0.4, -0.2) is 45.9 Å². The highest BCUT2D eigenvalue weighted by Crippen LogP contribution is 2.44. The van der Waals surface area contributed by atoms with Gasteiger partial charge in [-0.1, -0.05) is 48.5 Å². The van der Waals surface area contributed by atoms with Crippen molar-refractivity contribution in [3.05, 3.63) is 77.1 Å². The molecule has 0 radical (unpaired) electrons. The Morgan fingerprint density at radius 3 is 2.30 bits per heavy atom. The van der Waals surface area contributed by atoms with Crippen molar-refractivity contribution < 1.29 is 24.2 Å². The summed E-state index contributed by atoms with van der Waals surface area (Å²) in [4.78, 5) is 36.2. The van der Waals surface area contributed by atoms with Crippen LogP contribution in [0.3, 0.4) is 0 Å². The van der Waals surface area contributed by atoms with E-state index in [-0.39, 0.29) is 19.1 Å². The van der Waals surface area contributed by atoms with Crippen LogP contribution in [0.2, 0.25) is 0 Å². The number of hydrogen-bond donors (Lipinski definition) is 4. The zero-order valence-corrected chi connectivity index (χ0v) is 18.0. The Bertz CT molecular complexity index is 1140. The molecule has 0 aliphatic heterocycles. The third-order valence-electron chi connectivity index (χ3n) is 5.53. The highest BCUT2D eigenvalue weighted by atomic mass is 16.5. The van der Waals surface area contributed by atoms with Crippen LogP contribution in [0, 0.1) is 6.92 Å². The molecule has 0 saturated heterocycles. The molecule has 1 atom stereocenters. The predicted octanol–water partition coefficient (Wildman–Crippen LogP) is 2.72. The molecule has 1 aromatic heterocycles. The van der Waals surface area contributed by atoms with Gasteiger partial charge in [0, 0.05) is 11.6 Å². The van der Waals surface area contributed by atoms with Crippen LogP contribution in [-0.2, 0) is 20.9 Å². The first kappa shape index (κ1) is 22.1. The predicted molar refractivity (Wildman–Crippen MR) is 119 cm³/mol. The number of aromatic nitrogens is 2. The van der Waals surface area contributed by atoms with Gasteiger partial charge in [0.2, 0.25) is 5.91 Å². The van der Waals surface area contributed by atoms with E-state index in [0.29, 0.717) is 5.69 Å². The highest BCUT2D eigenvalue weighted by molar-refractivity contribution is 5.89. The molecule has 0 fully saturated rings. The Morgan fingerprint density at radius 1 is 1.09 bits per heavy atom. The van der Waals surface area contributed by atoms with Gasteiger partial charge in [0.05, 0.1) is 18.7 Å². The number of ether oxygens (including phenoxy) is 1. The summed E-state index contributed by atoms with van der Waals surface area (Å²) in [6, 6.07) is 16.3. The number of carboxylic acids is 1. The molecule has 0 spiro atoms. The van der Waals surface area contributed by atoms with E-state index in [1.807, 2.05) is 55.5 Å². The SMILES string of the molecule is Cc1cc(CNC(=O)C(CC(=O)O)NC(=O)OCC2c3ccccc3-c3ccccc32)n[nH]1. The lowest BCUT2D eigenvalue weighted by atomic mass is 9.98. The number of hydrogen-bond acceptors (Lipinski definition) is 5. The summed E-state index contributed by atoms with van der Waals surface area (Å²) in [5, 5.41) is 20.9. The Morgan fingerprint density at radius 2 is 1.73 bits per heavy atom. The van der Waals surface area contributed by atoms with Gasteiger partial charge >= 0.3 is 12.1 Å². The minimum absolute atomic E-state index is 0.0633. The third kappa shape index (κ3) is 5.03. The number of rotatable bonds is 8. The van der Waals surface area contributed by atoms with Crippen molar-refractivity contribution in [3.63, 3.8) is 0 Å². The fraction of sp³-hybridized carbons (Fsp3) is 0.250. The fourth-order valence-corrected chi connectivity index (χ4v) is 4.03. The Hall–Kier alpha value is -4.14. The molecule has 1 heterocycles. The van der Waals surface area contributed by atoms with Crippen LogP contribution in [0.1, 0.15) is 34.9 Å². The molecule has 33 heavy (non-hydrogen) atoms. The molecule has 2 amide bonds. The molecular weight excluding hydrogens is 424 g/mol. The number of aromatic amines is 1. The second-order valence-electron chi connectivity index (χ2n) is 7.88. The molecule has 4 N–H and O–H groups in total. The largest absolute Gasteiger partial charge is 0.481 e. The van der Waals surface area contributed by atoms with Gasteiger partial charge in [0.25, 0.3) is 0 Å². The van der Waals surface area contributed by atoms with Gasteiger partial charge < -0.3 is 20.5 Å². The van der Waals surface area contributed by atoms with Crippen LogP contribution in [0.15, 0.2) is 54.6 Å². The van der Waals surface area contributed by atoms with Crippen LogP contribution < -0.4 is 10.6 Å². The van der Waals surface area contributed by atoms with E-state index in [2.05, 4.69) is 20.8 Å². The number of amides is 2. The maximum Gasteiger partial charge on any atom is 0.407 e. The molecule has 0 saturated carbocycles. The van der Waals surface area contributed by atoms with Gasteiger partial charge in [-0.15, -0.1) is 0 Å². The number of aliphatic carboxylic acids is 1. The molecule has 9 heteroatoms. The molecule has 1 aliphatic rings. The maximum atomic E-state index is 12.5. The lowest BCUT2D eigenvalue weighted by molar-refractivity contribution is -0.139. The summed E-state index contributed by atoms with van der Waals surface area (Å²) in [5.74, 6) is -1.99. The number of H-pyrrole nitrogens is 1. The molecular formula is C24H24N4O5. The quantitative estimate of drug-likeness (QED) is 0.419. The minimum atomic E-state index is -1.28. The first-order valence-corrected chi connectivity index (χ1v) is 10.5. The van der Waals surface area contributed by atoms with Gasteiger partial charge in [-0.25, -0.2) is 4.79 Å². The number of carboxylic acid groups (broad SMARTS) is 1. The van der Waals surface area contributed by atoms with Gasteiger partial charge in [0.1, 0.15) is 12.6 Å². The van der Waals surface area contributed by atoms with E-state index in [9.17, 15) is 14.4 Å². The van der Waals surface area contributed by atoms with Crippen LogP contribution in [0.5, 0.6) is 0 Å². The number of nitrogens with one attached hydrogen (secondary N) is 3. The second kappa shape index (κ2) is 9.56. The highest BCUT2D eigenvalue weighted by Gasteiger charge is 2.30. The zero-order valence-electron chi connectivity index (χ0n) is 18.0. The van der Waals surface area contributed by atoms with Gasteiger partial charge in [-0.3, -0.25) is 14.7 Å². The molecule has 2 aromatic carbocycles. The number of aryl methyl sites for hydroxylation is 1. The van der Waals surface area contributed by atoms with Crippen molar-refractivity contribution in [2.45, 2.75) is 31.8 Å². The fourth-order valence-electron chi connectivity index (χ4n) is 4.03. The monoisotopic (exact) mass is 448 g/mol. The number of fused-ring (bicyclic) bond motifs is 3. The van der Waals surface area contributed by atoms with E-state index < -0.39 is 30.4 Å². The standard InChI is InChI=1S/C24H24N4O5/c1-14-10-15(28-27-14)12-25-23(31)21(11-22(29)30)26-24(32)33-13-20-18-8-4-2-6-16(18)17-7-3-5-9-19(17)20/h2-10,20-21H,11-13H2,1H3,(H,25,31)(H,26,32)(H,27,28)(H,29,30). The minimum Gasteiger partial charge on any atom is -0.481 e. The van der Waals surface area contributed by atoms with Crippen LogP contribution in [0.4, 0.5) is 4.79 Å². The number of carbonyl (C=O) groups is 3. The average molecular weight is 448 g/mol. The molecule has 1 unspecified atom stereocenters. The van der Waals surface area contributed by atoms with Crippen molar-refractivity contribution in [1.29, 1.82) is 0 Å². The first-order valence-electron chi connectivity index (χ1n) is 10.5. The van der Waals surface area contributed by atoms with Crippen LogP contribution in [0.25, 0.3) is 11.1 Å². The van der Waals surface area contributed by atoms with Gasteiger partial charge in [-0.2, -0.15) is 5.10 Å². The summed E-state index contributed by atoms with van der Waals surface area (Å²) in [7, 11) is 0. The summed E-state index contributed by atoms with van der Waals surface area (Å²) >= 11 is 0. The van der Waals surface area contributed by atoms with Crippen molar-refractivity contribution in [3.8, 4) is 11.1 Å². The number of benzene rings is 2. The summed E-state index contributed by atoms with van der Waals surface area (Å²) in [5.41, 5.74) is 5.73. The molecule has 0 bridgehead atoms. The zero-order chi connectivity index (χ0) is 23.4. The Labute approximate surface area is 190 Å². The lowest BCUT2D eigenvalue weighted by Gasteiger charge is -2.18. The van der Waals surface area contributed by atoms with Crippen molar-refractivity contribution in [2.75, 3.05) is 6.61 Å². The van der Waals surface area contributed by atoms with Gasteiger partial charge in [-0.05, 0) is 35.2 Å². The topological polar surface area (TPSA) is 133 Å². The second-order valence-corrected chi connectivity index (χ2v) is 7.88. The number of alkyl carbamates (subject to hydrolysis) is 1. The van der Waals surface area contributed by atoms with E-state index in [4.69, 9.17) is 9.84 Å². The Kier molecular flexibility index (Phi) is 6.39. The van der Waals surface area contributed by atoms with E-state index in [1.54, 1.807) is 6.07 Å². The van der Waals surface area contributed by atoms with Crippen LogP contribution >= 0.6 is 0 Å². The first-order chi connectivity index (χ1) is 15.9. The maximum absolute atomic E-state index is 12.5. The van der Waals surface area contributed by atoms with Gasteiger partial charge in [0.15, 0.2) is 0 Å². The van der Waals surface area contributed by atoms with E-state index in [1.165, 1.54) is 0 Å². The van der Waals surface area contributed by atoms with Crippen molar-refractivity contribution in [1.82, 2.24) is 20.8 Å². The average Bonchev–Trinajstić information content (AvgIpc) is 3.36. The normalized spacial score (nSPS) is 13.0. The summed E-state index contributed by atoms with van der Waals surface area (Å²) in [6.45, 7) is 1.99. The summed E-state index contributed by atoms with van der Waals surface area (Å²) in [6.07, 6.45) is -1.43. The van der Waals surface area contributed by atoms with Crippen molar-refractivity contribution in [2.24, 2.45) is 0 Å². The number of nitrogens with zero attached hydrogens (tertiary/aromatic N) is 1. The lowest BCUT2D eigenvalue weighted by Crippen LogP contribution is -2.48.